The van der Waals surface area contributed by atoms with Crippen molar-refractivity contribution >= 4 is 0 Å². The maximum atomic E-state index is 5.73. The molecule has 0 bridgehead atoms. The van der Waals surface area contributed by atoms with E-state index in [2.05, 4.69) is 19.9 Å². The van der Waals surface area contributed by atoms with Gasteiger partial charge in [0.1, 0.15) is 12.4 Å². The fourth-order valence-corrected chi connectivity index (χ4v) is 2.10. The molecule has 0 spiro atoms. The minimum Gasteiger partial charge on any atom is -0.367 e. The second-order valence-electron chi connectivity index (χ2n) is 4.38. The van der Waals surface area contributed by atoms with Gasteiger partial charge in [0, 0.05) is 31.7 Å². The molecule has 5 nitrogen and oxygen atoms in total. The standard InChI is InChI=1S/C13H16N4O/c1-2-4-15-11(3-1)7-14-8-12-9-17-6-5-16-13(17)10-18-12/h1-6,12,14H,7-10H2/t12-/m0/s1. The fourth-order valence-electron chi connectivity index (χ4n) is 2.10. The lowest BCUT2D eigenvalue weighted by Gasteiger charge is -2.24. The van der Waals surface area contributed by atoms with E-state index in [-0.39, 0.29) is 6.10 Å². The van der Waals surface area contributed by atoms with Crippen LogP contribution >= 0.6 is 0 Å². The highest BCUT2D eigenvalue weighted by Crippen LogP contribution is 2.11. The van der Waals surface area contributed by atoms with Crippen molar-refractivity contribution in [3.8, 4) is 0 Å². The van der Waals surface area contributed by atoms with Gasteiger partial charge in [0.2, 0.25) is 0 Å². The van der Waals surface area contributed by atoms with Gasteiger partial charge in [-0.15, -0.1) is 0 Å². The summed E-state index contributed by atoms with van der Waals surface area (Å²) in [6.45, 7) is 3.07. The number of hydrogen-bond donors (Lipinski definition) is 1. The fraction of sp³-hybridized carbons (Fsp3) is 0.385. The zero-order valence-electron chi connectivity index (χ0n) is 10.1. The Morgan fingerprint density at radius 3 is 3.22 bits per heavy atom. The molecule has 0 amide bonds. The van der Waals surface area contributed by atoms with Gasteiger partial charge in [-0.05, 0) is 12.1 Å². The van der Waals surface area contributed by atoms with Crippen LogP contribution in [0.25, 0.3) is 0 Å². The zero-order chi connectivity index (χ0) is 12.2. The Balaban J connectivity index is 1.48. The largest absolute Gasteiger partial charge is 0.367 e. The van der Waals surface area contributed by atoms with E-state index in [1.807, 2.05) is 36.8 Å². The molecule has 0 fully saturated rings. The van der Waals surface area contributed by atoms with E-state index in [4.69, 9.17) is 4.74 Å². The lowest BCUT2D eigenvalue weighted by atomic mass is 10.3. The summed E-state index contributed by atoms with van der Waals surface area (Å²) in [5.41, 5.74) is 1.05. The van der Waals surface area contributed by atoms with Crippen molar-refractivity contribution in [1.29, 1.82) is 0 Å². The predicted octanol–water partition coefficient (Wildman–Crippen LogP) is 0.967. The van der Waals surface area contributed by atoms with Crippen molar-refractivity contribution in [2.45, 2.75) is 25.8 Å². The van der Waals surface area contributed by atoms with E-state index >= 15 is 0 Å². The van der Waals surface area contributed by atoms with E-state index in [1.54, 1.807) is 0 Å². The minimum atomic E-state index is 0.204. The smallest absolute Gasteiger partial charge is 0.134 e. The van der Waals surface area contributed by atoms with E-state index in [1.165, 1.54) is 0 Å². The Kier molecular flexibility index (Phi) is 3.34. The third-order valence-corrected chi connectivity index (χ3v) is 3.05. The molecule has 0 aromatic carbocycles. The van der Waals surface area contributed by atoms with E-state index < -0.39 is 0 Å². The number of ether oxygens (including phenoxy) is 1. The summed E-state index contributed by atoms with van der Waals surface area (Å²) in [6, 6.07) is 5.94. The van der Waals surface area contributed by atoms with Gasteiger partial charge in [-0.1, -0.05) is 6.07 Å². The van der Waals surface area contributed by atoms with Crippen LogP contribution in [-0.4, -0.2) is 27.2 Å². The predicted molar refractivity (Wildman–Crippen MR) is 66.7 cm³/mol. The first kappa shape index (κ1) is 11.4. The molecule has 1 atom stereocenters. The first-order valence-electron chi connectivity index (χ1n) is 6.14. The monoisotopic (exact) mass is 244 g/mol. The van der Waals surface area contributed by atoms with Crippen molar-refractivity contribution in [3.05, 3.63) is 48.3 Å². The van der Waals surface area contributed by atoms with Crippen LogP contribution in [0.4, 0.5) is 0 Å². The molecule has 5 heteroatoms. The minimum absolute atomic E-state index is 0.204. The Hall–Kier alpha value is -1.72. The van der Waals surface area contributed by atoms with Gasteiger partial charge in [0.15, 0.2) is 0 Å². The average Bonchev–Trinajstić information content (AvgIpc) is 2.87. The maximum absolute atomic E-state index is 5.73. The highest BCUT2D eigenvalue weighted by molar-refractivity contribution is 5.03. The molecule has 18 heavy (non-hydrogen) atoms. The zero-order valence-corrected chi connectivity index (χ0v) is 10.1. The third-order valence-electron chi connectivity index (χ3n) is 3.05. The summed E-state index contributed by atoms with van der Waals surface area (Å²) >= 11 is 0. The molecule has 0 aliphatic carbocycles. The second-order valence-corrected chi connectivity index (χ2v) is 4.38. The molecule has 0 radical (unpaired) electrons. The Morgan fingerprint density at radius 1 is 1.33 bits per heavy atom. The summed E-state index contributed by atoms with van der Waals surface area (Å²) in [6.07, 6.45) is 5.84. The Bertz CT molecular complexity index is 497. The summed E-state index contributed by atoms with van der Waals surface area (Å²) in [4.78, 5) is 8.50. The Labute approximate surface area is 106 Å². The van der Waals surface area contributed by atoms with E-state index in [0.717, 1.165) is 31.2 Å². The van der Waals surface area contributed by atoms with Gasteiger partial charge in [-0.3, -0.25) is 4.98 Å². The molecule has 1 aliphatic heterocycles. The number of rotatable bonds is 4. The summed E-state index contributed by atoms with van der Waals surface area (Å²) in [5.74, 6) is 1.01. The number of fused-ring (bicyclic) bond motifs is 1. The molecule has 1 N–H and O–H groups in total. The molecular formula is C13H16N4O. The number of nitrogens with zero attached hydrogens (tertiary/aromatic N) is 3. The van der Waals surface area contributed by atoms with Crippen LogP contribution in [0.2, 0.25) is 0 Å². The number of nitrogens with one attached hydrogen (secondary N) is 1. The quantitative estimate of drug-likeness (QED) is 0.870. The van der Waals surface area contributed by atoms with E-state index in [9.17, 15) is 0 Å². The van der Waals surface area contributed by atoms with Crippen LogP contribution in [0.15, 0.2) is 36.8 Å². The molecule has 1 aliphatic rings. The normalized spacial score (nSPS) is 18.6. The van der Waals surface area contributed by atoms with Crippen molar-refractivity contribution in [2.24, 2.45) is 0 Å². The van der Waals surface area contributed by atoms with Crippen LogP contribution < -0.4 is 5.32 Å². The van der Waals surface area contributed by atoms with Crippen LogP contribution in [0, 0.1) is 0 Å². The van der Waals surface area contributed by atoms with Gasteiger partial charge in [0.25, 0.3) is 0 Å². The molecule has 0 unspecified atom stereocenters. The topological polar surface area (TPSA) is 52.0 Å². The van der Waals surface area contributed by atoms with Crippen molar-refractivity contribution in [3.63, 3.8) is 0 Å². The Morgan fingerprint density at radius 2 is 2.33 bits per heavy atom. The first-order valence-corrected chi connectivity index (χ1v) is 6.14. The van der Waals surface area contributed by atoms with Crippen molar-refractivity contribution in [2.75, 3.05) is 6.54 Å². The SMILES string of the molecule is c1ccc(CNC[C@H]2Cn3ccnc3CO2)nc1. The first-order chi connectivity index (χ1) is 8.92. The molecule has 3 rings (SSSR count). The second kappa shape index (κ2) is 5.29. The average molecular weight is 244 g/mol. The van der Waals surface area contributed by atoms with Crippen LogP contribution in [0.3, 0.4) is 0 Å². The number of pyridine rings is 1. The lowest BCUT2D eigenvalue weighted by Crippen LogP contribution is -2.36. The molecular weight excluding hydrogens is 228 g/mol. The highest BCUT2D eigenvalue weighted by atomic mass is 16.5. The highest BCUT2D eigenvalue weighted by Gasteiger charge is 2.18. The molecule has 3 heterocycles. The number of hydrogen-bond acceptors (Lipinski definition) is 4. The van der Waals surface area contributed by atoms with E-state index in [0.29, 0.717) is 6.61 Å². The van der Waals surface area contributed by atoms with Gasteiger partial charge >= 0.3 is 0 Å². The molecule has 2 aromatic heterocycles. The van der Waals surface area contributed by atoms with Gasteiger partial charge in [-0.25, -0.2) is 4.98 Å². The lowest BCUT2D eigenvalue weighted by molar-refractivity contribution is 0.00274. The van der Waals surface area contributed by atoms with Gasteiger partial charge in [0.05, 0.1) is 18.3 Å². The van der Waals surface area contributed by atoms with Gasteiger partial charge < -0.3 is 14.6 Å². The maximum Gasteiger partial charge on any atom is 0.134 e. The third kappa shape index (κ3) is 2.57. The molecule has 94 valence electrons. The molecule has 2 aromatic rings. The number of aromatic nitrogens is 3. The van der Waals surface area contributed by atoms with Gasteiger partial charge in [-0.2, -0.15) is 0 Å². The molecule has 0 saturated carbocycles. The summed E-state index contributed by atoms with van der Waals surface area (Å²) in [7, 11) is 0. The van der Waals surface area contributed by atoms with Crippen LogP contribution in [0.1, 0.15) is 11.5 Å². The summed E-state index contributed by atoms with van der Waals surface area (Å²) < 4.78 is 7.88. The van der Waals surface area contributed by atoms with Crippen molar-refractivity contribution in [1.82, 2.24) is 19.9 Å². The van der Waals surface area contributed by atoms with Crippen LogP contribution in [0.5, 0.6) is 0 Å². The van der Waals surface area contributed by atoms with Crippen LogP contribution in [-0.2, 0) is 24.4 Å². The van der Waals surface area contributed by atoms with Crippen molar-refractivity contribution < 1.29 is 4.74 Å². The number of imidazole rings is 1. The molecule has 0 saturated heterocycles. The summed E-state index contributed by atoms with van der Waals surface area (Å²) in [5, 5.41) is 3.37.